The Hall–Kier alpha value is -2.89. The van der Waals surface area contributed by atoms with Gasteiger partial charge in [0.1, 0.15) is 5.82 Å². The first-order valence-corrected chi connectivity index (χ1v) is 9.93. The molecule has 2 aromatic carbocycles. The average Bonchev–Trinajstić information content (AvgIpc) is 2.74. The van der Waals surface area contributed by atoms with Gasteiger partial charge in [0.2, 0.25) is 5.91 Å². The van der Waals surface area contributed by atoms with Crippen molar-refractivity contribution in [2.24, 2.45) is 4.99 Å². The van der Waals surface area contributed by atoms with Gasteiger partial charge >= 0.3 is 0 Å². The van der Waals surface area contributed by atoms with Crippen molar-refractivity contribution in [3.8, 4) is 0 Å². The van der Waals surface area contributed by atoms with Gasteiger partial charge in [-0.05, 0) is 36.1 Å². The van der Waals surface area contributed by atoms with E-state index < -0.39 is 5.41 Å². The number of hydrogen-bond acceptors (Lipinski definition) is 2. The molecule has 0 unspecified atom stereocenters. The summed E-state index contributed by atoms with van der Waals surface area (Å²) in [5, 5.41) is 3.09. The van der Waals surface area contributed by atoms with Crippen LogP contribution in [0.1, 0.15) is 24.0 Å². The second-order valence-electron chi connectivity index (χ2n) is 7.66. The van der Waals surface area contributed by atoms with Gasteiger partial charge in [0.05, 0.1) is 5.41 Å². The summed E-state index contributed by atoms with van der Waals surface area (Å²) in [5.74, 6) is 0.674. The minimum Gasteiger partial charge on any atom is -0.351 e. The minimum absolute atomic E-state index is 0.0208. The van der Waals surface area contributed by atoms with Crippen LogP contribution in [0.5, 0.6) is 0 Å². The topological polar surface area (TPSA) is 47.9 Å². The zero-order valence-corrected chi connectivity index (χ0v) is 17.4. The molecule has 1 saturated heterocycles. The van der Waals surface area contributed by atoms with Gasteiger partial charge in [0.15, 0.2) is 5.96 Å². The highest BCUT2D eigenvalue weighted by Gasteiger charge is 2.43. The van der Waals surface area contributed by atoms with Crippen molar-refractivity contribution in [1.29, 1.82) is 0 Å². The van der Waals surface area contributed by atoms with Crippen LogP contribution in [0.4, 0.5) is 4.39 Å². The summed E-state index contributed by atoms with van der Waals surface area (Å²) < 4.78 is 13.1. The summed E-state index contributed by atoms with van der Waals surface area (Å²) in [6.45, 7) is 1.89. The largest absolute Gasteiger partial charge is 0.351 e. The third-order valence-electron chi connectivity index (χ3n) is 5.63. The maximum Gasteiger partial charge on any atom is 0.231 e. The predicted octanol–water partition coefficient (Wildman–Crippen LogP) is 3.02. The summed E-state index contributed by atoms with van der Waals surface area (Å²) in [4.78, 5) is 22.0. The Morgan fingerprint density at radius 2 is 1.72 bits per heavy atom. The standard InChI is InChI=1S/C23H29FN4O/c1-25-22(27(2)3)28-15-13-23(14-16-28,19-7-5-4-6-8-19)21(29)26-17-18-9-11-20(24)12-10-18/h4-12H,13-17H2,1-3H3,(H,26,29). The normalized spacial score (nSPS) is 16.4. The highest BCUT2D eigenvalue weighted by molar-refractivity contribution is 5.89. The number of nitrogens with one attached hydrogen (secondary N) is 1. The average molecular weight is 397 g/mol. The van der Waals surface area contributed by atoms with Crippen LogP contribution in [0, 0.1) is 5.82 Å². The van der Waals surface area contributed by atoms with Gasteiger partial charge in [0.25, 0.3) is 0 Å². The first kappa shape index (κ1) is 20.8. The number of halogens is 1. The lowest BCUT2D eigenvalue weighted by Crippen LogP contribution is -2.54. The molecule has 2 aromatic rings. The van der Waals surface area contributed by atoms with E-state index in [9.17, 15) is 9.18 Å². The Balaban J connectivity index is 1.79. The van der Waals surface area contributed by atoms with Crippen molar-refractivity contribution in [3.05, 3.63) is 71.5 Å². The highest BCUT2D eigenvalue weighted by Crippen LogP contribution is 2.36. The molecule has 0 spiro atoms. The van der Waals surface area contributed by atoms with Crippen LogP contribution in [0.15, 0.2) is 59.6 Å². The molecular formula is C23H29FN4O. The van der Waals surface area contributed by atoms with Crippen molar-refractivity contribution >= 4 is 11.9 Å². The van der Waals surface area contributed by atoms with E-state index in [2.05, 4.69) is 15.2 Å². The third kappa shape index (κ3) is 4.58. The molecule has 1 N–H and O–H groups in total. The molecule has 1 amide bonds. The molecule has 6 heteroatoms. The molecule has 0 saturated carbocycles. The Kier molecular flexibility index (Phi) is 6.52. The van der Waals surface area contributed by atoms with Crippen LogP contribution in [-0.4, -0.2) is 55.9 Å². The van der Waals surface area contributed by atoms with E-state index in [-0.39, 0.29) is 11.7 Å². The van der Waals surface area contributed by atoms with E-state index in [0.29, 0.717) is 19.4 Å². The fourth-order valence-electron chi connectivity index (χ4n) is 4.07. The van der Waals surface area contributed by atoms with Crippen molar-refractivity contribution < 1.29 is 9.18 Å². The molecular weight excluding hydrogens is 367 g/mol. The number of likely N-dealkylation sites (tertiary alicyclic amines) is 1. The number of rotatable bonds is 4. The molecule has 0 bridgehead atoms. The van der Waals surface area contributed by atoms with Crippen LogP contribution in [0.2, 0.25) is 0 Å². The number of benzene rings is 2. The quantitative estimate of drug-likeness (QED) is 0.638. The maximum atomic E-state index is 13.4. The Labute approximate surface area is 172 Å². The smallest absolute Gasteiger partial charge is 0.231 e. The van der Waals surface area contributed by atoms with Gasteiger partial charge in [-0.25, -0.2) is 4.39 Å². The van der Waals surface area contributed by atoms with Crippen LogP contribution < -0.4 is 5.32 Å². The van der Waals surface area contributed by atoms with E-state index in [4.69, 9.17) is 0 Å². The van der Waals surface area contributed by atoms with Gasteiger partial charge in [-0.2, -0.15) is 0 Å². The molecule has 0 atom stereocenters. The SMILES string of the molecule is CN=C(N(C)C)N1CCC(C(=O)NCc2ccc(F)cc2)(c2ccccc2)CC1. The van der Waals surface area contributed by atoms with Crippen LogP contribution in [-0.2, 0) is 16.8 Å². The Morgan fingerprint density at radius 3 is 2.28 bits per heavy atom. The fourth-order valence-corrected chi connectivity index (χ4v) is 4.07. The van der Waals surface area contributed by atoms with Crippen LogP contribution in [0.25, 0.3) is 0 Å². The van der Waals surface area contributed by atoms with Crippen molar-refractivity contribution in [2.75, 3.05) is 34.2 Å². The first-order valence-electron chi connectivity index (χ1n) is 9.93. The zero-order valence-electron chi connectivity index (χ0n) is 17.4. The summed E-state index contributed by atoms with van der Waals surface area (Å²) >= 11 is 0. The first-order chi connectivity index (χ1) is 14.0. The lowest BCUT2D eigenvalue weighted by molar-refractivity contribution is -0.128. The number of piperidine rings is 1. The molecule has 3 rings (SSSR count). The number of nitrogens with zero attached hydrogens (tertiary/aromatic N) is 3. The highest BCUT2D eigenvalue weighted by atomic mass is 19.1. The zero-order chi connectivity index (χ0) is 20.9. The number of carbonyl (C=O) groups excluding carboxylic acids is 1. The summed E-state index contributed by atoms with van der Waals surface area (Å²) in [6, 6.07) is 16.2. The molecule has 29 heavy (non-hydrogen) atoms. The molecule has 1 aliphatic rings. The second kappa shape index (κ2) is 9.07. The summed E-state index contributed by atoms with van der Waals surface area (Å²) in [6.07, 6.45) is 1.41. The van der Waals surface area contributed by atoms with E-state index in [1.807, 2.05) is 49.3 Å². The van der Waals surface area contributed by atoms with E-state index in [0.717, 1.165) is 30.2 Å². The van der Waals surface area contributed by atoms with E-state index in [1.165, 1.54) is 12.1 Å². The summed E-state index contributed by atoms with van der Waals surface area (Å²) in [5.41, 5.74) is 1.34. The lowest BCUT2D eigenvalue weighted by atomic mass is 9.72. The van der Waals surface area contributed by atoms with Gasteiger partial charge in [-0.3, -0.25) is 9.79 Å². The molecule has 1 fully saturated rings. The van der Waals surface area contributed by atoms with Gasteiger partial charge in [-0.1, -0.05) is 42.5 Å². The molecule has 1 heterocycles. The molecule has 0 radical (unpaired) electrons. The van der Waals surface area contributed by atoms with Gasteiger partial charge in [-0.15, -0.1) is 0 Å². The predicted molar refractivity (Wildman–Crippen MR) is 114 cm³/mol. The monoisotopic (exact) mass is 396 g/mol. The van der Waals surface area contributed by atoms with Crippen LogP contribution in [0.3, 0.4) is 0 Å². The van der Waals surface area contributed by atoms with Crippen molar-refractivity contribution in [3.63, 3.8) is 0 Å². The van der Waals surface area contributed by atoms with E-state index in [1.54, 1.807) is 19.2 Å². The maximum absolute atomic E-state index is 13.4. The number of amides is 1. The van der Waals surface area contributed by atoms with Gasteiger partial charge < -0.3 is 15.1 Å². The van der Waals surface area contributed by atoms with Crippen molar-refractivity contribution in [2.45, 2.75) is 24.8 Å². The Morgan fingerprint density at radius 1 is 1.10 bits per heavy atom. The number of carbonyl (C=O) groups is 1. The lowest BCUT2D eigenvalue weighted by Gasteiger charge is -2.43. The van der Waals surface area contributed by atoms with Crippen LogP contribution >= 0.6 is 0 Å². The van der Waals surface area contributed by atoms with Gasteiger partial charge in [0, 0.05) is 40.8 Å². The minimum atomic E-state index is -0.580. The Bertz CT molecular complexity index is 841. The molecule has 1 aliphatic heterocycles. The number of guanidine groups is 1. The molecule has 0 aromatic heterocycles. The second-order valence-corrected chi connectivity index (χ2v) is 7.66. The number of hydrogen-bond donors (Lipinski definition) is 1. The molecule has 5 nitrogen and oxygen atoms in total. The molecule has 0 aliphatic carbocycles. The summed E-state index contributed by atoms with van der Waals surface area (Å²) in [7, 11) is 5.76. The number of aliphatic imine (C=N–C) groups is 1. The molecule has 154 valence electrons. The third-order valence-corrected chi connectivity index (χ3v) is 5.63. The van der Waals surface area contributed by atoms with E-state index >= 15 is 0 Å². The van der Waals surface area contributed by atoms with Crippen molar-refractivity contribution in [1.82, 2.24) is 15.1 Å². The fraction of sp³-hybridized carbons (Fsp3) is 0.391.